The van der Waals surface area contributed by atoms with Crippen LogP contribution in [0.3, 0.4) is 0 Å². The number of halogens is 1. The number of para-hydroxylation sites is 1. The van der Waals surface area contributed by atoms with E-state index in [4.69, 9.17) is 0 Å². The number of benzene rings is 2. The zero-order valence-electron chi connectivity index (χ0n) is 14.9. The summed E-state index contributed by atoms with van der Waals surface area (Å²) in [5, 5.41) is 0. The molecule has 0 atom stereocenters. The maximum Gasteiger partial charge on any atom is 0.242 e. The number of amides is 1. The molecule has 0 fully saturated rings. The van der Waals surface area contributed by atoms with E-state index in [1.165, 1.54) is 23.5 Å². The van der Waals surface area contributed by atoms with Gasteiger partial charge >= 0.3 is 0 Å². The van der Waals surface area contributed by atoms with Crippen molar-refractivity contribution in [2.45, 2.75) is 24.7 Å². The zero-order chi connectivity index (χ0) is 19.2. The Hall–Kier alpha value is -2.25. The van der Waals surface area contributed by atoms with E-state index in [0.29, 0.717) is 13.0 Å². The van der Waals surface area contributed by atoms with Crippen LogP contribution in [0.15, 0.2) is 59.5 Å². The topological polar surface area (TPSA) is 57.7 Å². The lowest BCUT2D eigenvalue weighted by Gasteiger charge is -2.22. The highest BCUT2D eigenvalue weighted by Crippen LogP contribution is 2.17. The monoisotopic (exact) mass is 378 g/mol. The van der Waals surface area contributed by atoms with Crippen molar-refractivity contribution in [3.63, 3.8) is 0 Å². The standard InChI is InChI=1S/C19H23FN2O3S/c1-3-22(17-8-5-4-6-9-17)19(23)10-7-15-21(2)26(24,25)18-13-11-16(20)12-14-18/h4-6,8-9,11-14H,3,7,10,15H2,1-2H3. The van der Waals surface area contributed by atoms with Gasteiger partial charge in [-0.15, -0.1) is 0 Å². The number of carbonyl (C=O) groups is 1. The molecule has 0 N–H and O–H groups in total. The number of carbonyl (C=O) groups excluding carboxylic acids is 1. The molecule has 140 valence electrons. The zero-order valence-corrected chi connectivity index (χ0v) is 15.7. The summed E-state index contributed by atoms with van der Waals surface area (Å²) in [6.07, 6.45) is 0.644. The molecule has 5 nitrogen and oxygen atoms in total. The Morgan fingerprint density at radius 1 is 1.04 bits per heavy atom. The third-order valence-electron chi connectivity index (χ3n) is 4.07. The van der Waals surface area contributed by atoms with Crippen LogP contribution in [0.5, 0.6) is 0 Å². The van der Waals surface area contributed by atoms with Crippen molar-refractivity contribution in [3.05, 3.63) is 60.4 Å². The molecule has 0 bridgehead atoms. The van der Waals surface area contributed by atoms with Gasteiger partial charge in [0.1, 0.15) is 5.82 Å². The summed E-state index contributed by atoms with van der Waals surface area (Å²) in [6.45, 7) is 2.65. The average Bonchev–Trinajstić information content (AvgIpc) is 2.63. The van der Waals surface area contributed by atoms with E-state index >= 15 is 0 Å². The summed E-state index contributed by atoms with van der Waals surface area (Å²) < 4.78 is 39.0. The van der Waals surface area contributed by atoms with Gasteiger partial charge in [0.25, 0.3) is 0 Å². The molecule has 2 aromatic carbocycles. The largest absolute Gasteiger partial charge is 0.313 e. The second kappa shape index (κ2) is 8.91. The van der Waals surface area contributed by atoms with Gasteiger partial charge in [-0.25, -0.2) is 17.1 Å². The molecule has 0 aliphatic rings. The van der Waals surface area contributed by atoms with Crippen LogP contribution < -0.4 is 4.90 Å². The molecule has 2 rings (SSSR count). The van der Waals surface area contributed by atoms with Gasteiger partial charge in [-0.3, -0.25) is 4.79 Å². The first kappa shape index (κ1) is 20.1. The summed E-state index contributed by atoms with van der Waals surface area (Å²) in [5.41, 5.74) is 0.826. The molecule has 0 radical (unpaired) electrons. The van der Waals surface area contributed by atoms with Crippen LogP contribution in [0.1, 0.15) is 19.8 Å². The molecule has 7 heteroatoms. The fourth-order valence-electron chi connectivity index (χ4n) is 2.61. The van der Waals surface area contributed by atoms with E-state index in [1.807, 2.05) is 37.3 Å². The molecule has 0 unspecified atom stereocenters. The van der Waals surface area contributed by atoms with Gasteiger partial charge in [0.2, 0.25) is 15.9 Å². The molecule has 26 heavy (non-hydrogen) atoms. The number of sulfonamides is 1. The Bertz CT molecular complexity index is 824. The van der Waals surface area contributed by atoms with E-state index in [9.17, 15) is 17.6 Å². The molecular formula is C19H23FN2O3S. The second-order valence-electron chi connectivity index (χ2n) is 5.86. The van der Waals surface area contributed by atoms with E-state index in [-0.39, 0.29) is 23.8 Å². The van der Waals surface area contributed by atoms with Crippen molar-refractivity contribution in [2.75, 3.05) is 25.0 Å². The molecule has 0 spiro atoms. The number of rotatable bonds is 8. The molecule has 0 aliphatic carbocycles. The van der Waals surface area contributed by atoms with E-state index in [0.717, 1.165) is 17.8 Å². The number of hydrogen-bond donors (Lipinski definition) is 0. The number of nitrogens with zero attached hydrogens (tertiary/aromatic N) is 2. The minimum absolute atomic E-state index is 0.0344. The maximum absolute atomic E-state index is 13.0. The van der Waals surface area contributed by atoms with E-state index in [2.05, 4.69) is 0 Å². The lowest BCUT2D eigenvalue weighted by atomic mass is 10.2. The summed E-state index contributed by atoms with van der Waals surface area (Å²) in [6, 6.07) is 14.1. The van der Waals surface area contributed by atoms with Gasteiger partial charge in [-0.05, 0) is 49.7 Å². The Kier molecular flexibility index (Phi) is 6.88. The van der Waals surface area contributed by atoms with Crippen molar-refractivity contribution in [1.82, 2.24) is 4.31 Å². The fraction of sp³-hybridized carbons (Fsp3) is 0.316. The first-order valence-electron chi connectivity index (χ1n) is 8.43. The first-order chi connectivity index (χ1) is 12.4. The van der Waals surface area contributed by atoms with Crippen LogP contribution >= 0.6 is 0 Å². The predicted molar refractivity (Wildman–Crippen MR) is 99.9 cm³/mol. The van der Waals surface area contributed by atoms with Crippen molar-refractivity contribution >= 4 is 21.6 Å². The fourth-order valence-corrected chi connectivity index (χ4v) is 3.81. The number of hydrogen-bond acceptors (Lipinski definition) is 3. The van der Waals surface area contributed by atoms with Gasteiger partial charge in [0.15, 0.2) is 0 Å². The summed E-state index contributed by atoms with van der Waals surface area (Å²) >= 11 is 0. The van der Waals surface area contributed by atoms with Gasteiger partial charge in [0.05, 0.1) is 4.90 Å². The molecule has 0 aliphatic heterocycles. The van der Waals surface area contributed by atoms with Gasteiger partial charge in [-0.1, -0.05) is 18.2 Å². The average molecular weight is 378 g/mol. The lowest BCUT2D eigenvalue weighted by molar-refractivity contribution is -0.118. The maximum atomic E-state index is 13.0. The van der Waals surface area contributed by atoms with E-state index < -0.39 is 15.8 Å². The lowest BCUT2D eigenvalue weighted by Crippen LogP contribution is -2.32. The summed E-state index contributed by atoms with van der Waals surface area (Å²) in [7, 11) is -2.23. The van der Waals surface area contributed by atoms with Crippen LogP contribution in [0.25, 0.3) is 0 Å². The van der Waals surface area contributed by atoms with Crippen LogP contribution in [0.2, 0.25) is 0 Å². The molecule has 0 heterocycles. The highest BCUT2D eigenvalue weighted by molar-refractivity contribution is 7.89. The van der Waals surface area contributed by atoms with Gasteiger partial charge in [0, 0.05) is 32.2 Å². The molecule has 2 aromatic rings. The molecule has 0 aromatic heterocycles. The third kappa shape index (κ3) is 4.89. The second-order valence-corrected chi connectivity index (χ2v) is 7.90. The van der Waals surface area contributed by atoms with Crippen LogP contribution in [-0.2, 0) is 14.8 Å². The smallest absolute Gasteiger partial charge is 0.242 e. The van der Waals surface area contributed by atoms with Crippen molar-refractivity contribution < 1.29 is 17.6 Å². The minimum atomic E-state index is -3.69. The van der Waals surface area contributed by atoms with Gasteiger partial charge < -0.3 is 4.90 Å². The Morgan fingerprint density at radius 2 is 1.65 bits per heavy atom. The van der Waals surface area contributed by atoms with Crippen molar-refractivity contribution in [1.29, 1.82) is 0 Å². The van der Waals surface area contributed by atoms with E-state index in [1.54, 1.807) is 4.90 Å². The van der Waals surface area contributed by atoms with Crippen molar-refractivity contribution in [2.24, 2.45) is 0 Å². The normalized spacial score (nSPS) is 11.5. The van der Waals surface area contributed by atoms with Crippen LogP contribution in [0, 0.1) is 5.82 Å². The molecule has 0 saturated carbocycles. The SMILES string of the molecule is CCN(C(=O)CCCN(C)S(=O)(=O)c1ccc(F)cc1)c1ccccc1. The van der Waals surface area contributed by atoms with Gasteiger partial charge in [-0.2, -0.15) is 0 Å². The Labute approximate surface area is 154 Å². The molecular weight excluding hydrogens is 355 g/mol. The highest BCUT2D eigenvalue weighted by Gasteiger charge is 2.21. The summed E-state index contributed by atoms with van der Waals surface area (Å²) in [4.78, 5) is 14.1. The first-order valence-corrected chi connectivity index (χ1v) is 9.87. The highest BCUT2D eigenvalue weighted by atomic mass is 32.2. The van der Waals surface area contributed by atoms with Crippen LogP contribution in [0.4, 0.5) is 10.1 Å². The molecule has 0 saturated heterocycles. The Balaban J connectivity index is 1.93. The van der Waals surface area contributed by atoms with Crippen LogP contribution in [-0.4, -0.2) is 38.8 Å². The summed E-state index contributed by atoms with van der Waals surface area (Å²) in [5.74, 6) is -0.538. The quantitative estimate of drug-likeness (QED) is 0.708. The predicted octanol–water partition coefficient (Wildman–Crippen LogP) is 3.28. The molecule has 1 amide bonds. The van der Waals surface area contributed by atoms with Crippen molar-refractivity contribution in [3.8, 4) is 0 Å². The Morgan fingerprint density at radius 3 is 2.23 bits per heavy atom. The number of anilines is 1. The third-order valence-corrected chi connectivity index (χ3v) is 5.94. The minimum Gasteiger partial charge on any atom is -0.313 e.